The molecule has 5 heteroatoms. The van der Waals surface area contributed by atoms with E-state index in [1.807, 2.05) is 0 Å². The molecule has 0 N–H and O–H groups in total. The Balaban J connectivity index is 0.000000173. The van der Waals surface area contributed by atoms with Crippen molar-refractivity contribution in [3.63, 3.8) is 0 Å². The fourth-order valence-electron chi connectivity index (χ4n) is 9.30. The molecule has 6 aliphatic carbocycles. The van der Waals surface area contributed by atoms with Crippen LogP contribution in [0, 0.1) is 24.2 Å². The average Bonchev–Trinajstić information content (AvgIpc) is 3.76. The topological polar surface area (TPSA) is 0 Å². The van der Waals surface area contributed by atoms with Gasteiger partial charge in [0.2, 0.25) is 0 Å². The summed E-state index contributed by atoms with van der Waals surface area (Å²) in [6, 6.07) is 0. The summed E-state index contributed by atoms with van der Waals surface area (Å²) in [5, 5.41) is 0. The summed E-state index contributed by atoms with van der Waals surface area (Å²) in [7, 11) is 10.2. The maximum atomic E-state index is 4.81. The van der Waals surface area contributed by atoms with E-state index in [9.17, 15) is 0 Å². The Kier molecular flexibility index (Phi) is 19.1. The zero-order chi connectivity index (χ0) is 28.5. The van der Waals surface area contributed by atoms with Gasteiger partial charge in [-0.2, -0.15) is 11.8 Å². The van der Waals surface area contributed by atoms with E-state index in [0.29, 0.717) is 0 Å². The summed E-state index contributed by atoms with van der Waals surface area (Å²) < 4.78 is 0. The van der Waals surface area contributed by atoms with Gasteiger partial charge in [-0.25, -0.2) is 0 Å². The van der Waals surface area contributed by atoms with Crippen molar-refractivity contribution >= 4 is 34.9 Å². The quantitative estimate of drug-likeness (QED) is 0.132. The Morgan fingerprint density at radius 2 is 0.537 bits per heavy atom. The summed E-state index contributed by atoms with van der Waals surface area (Å²) in [5.41, 5.74) is 4.53. The molecular weight excluding hydrogens is 672 g/mol. The van der Waals surface area contributed by atoms with Crippen LogP contribution in [0.15, 0.2) is 0 Å². The normalized spacial score (nSPS) is 26.7. The summed E-state index contributed by atoms with van der Waals surface area (Å²) in [6.07, 6.45) is 49.0. The van der Waals surface area contributed by atoms with Crippen molar-refractivity contribution in [2.45, 2.75) is 202 Å². The van der Waals surface area contributed by atoms with E-state index in [-0.39, 0.29) is 31.8 Å². The number of hydrogen-bond acceptors (Lipinski definition) is 0. The van der Waals surface area contributed by atoms with Gasteiger partial charge in [0.05, 0.1) is 0 Å². The number of halogens is 2. The third-order valence-corrected chi connectivity index (χ3v) is 18.5. The van der Waals surface area contributed by atoms with Gasteiger partial charge >= 0.3 is 35.0 Å². The van der Waals surface area contributed by atoms with Gasteiger partial charge in [-0.1, -0.05) is 128 Å². The van der Waals surface area contributed by atoms with Gasteiger partial charge in [-0.15, -0.1) is 0 Å². The molecule has 0 spiro atoms. The molecule has 0 aromatic rings. The van der Waals surface area contributed by atoms with E-state index in [1.165, 1.54) is 128 Å². The molecule has 6 rings (SSSR count). The van der Waals surface area contributed by atoms with Crippen molar-refractivity contribution in [2.24, 2.45) is 11.8 Å². The van der Waals surface area contributed by atoms with Gasteiger partial charge in [-0.3, -0.25) is 28.2 Å². The Morgan fingerprint density at radius 3 is 0.756 bits per heavy atom. The zero-order valence-corrected chi connectivity index (χ0v) is 31.2. The van der Waals surface area contributed by atoms with E-state index < -0.39 is 0 Å². The number of rotatable bonds is 8. The van der Waals surface area contributed by atoms with Gasteiger partial charge in [0.1, 0.15) is 0 Å². The summed E-state index contributed by atoms with van der Waals surface area (Å²) >= 11 is -0.106. The number of hydrogen-bond donors (Lipinski definition) is 0. The van der Waals surface area contributed by atoms with Gasteiger partial charge in [0, 0.05) is 0 Å². The Bertz CT molecular complexity index is 539. The molecule has 0 bridgehead atoms. The van der Waals surface area contributed by atoms with Gasteiger partial charge < -0.3 is 0 Å². The Morgan fingerprint density at radius 1 is 0.341 bits per heavy atom. The second-order valence-electron chi connectivity index (χ2n) is 14.5. The monoisotopic (exact) mass is 734 g/mol. The molecule has 41 heavy (non-hydrogen) atoms. The summed E-state index contributed by atoms with van der Waals surface area (Å²) in [6.45, 7) is 0. The maximum absolute atomic E-state index is 4.81. The van der Waals surface area contributed by atoms with Crippen LogP contribution in [0.5, 0.6) is 0 Å². The fraction of sp³-hybridized carbons (Fsp3) is 0.944. The molecule has 0 heterocycles. The van der Waals surface area contributed by atoms with Gasteiger partial charge in [0.15, 0.2) is 0 Å². The predicted octanol–water partition coefficient (Wildman–Crippen LogP) is 14.3. The van der Waals surface area contributed by atoms with Crippen molar-refractivity contribution in [3.05, 3.63) is 12.3 Å². The van der Waals surface area contributed by atoms with E-state index in [0.717, 1.165) is 34.5 Å². The van der Waals surface area contributed by atoms with Crippen LogP contribution < -0.4 is 0 Å². The Hall–Kier alpha value is 2.10. The fourth-order valence-corrected chi connectivity index (χ4v) is 16.9. The van der Waals surface area contributed by atoms with Gasteiger partial charge in [-0.05, 0) is 74.0 Å². The molecular formula is C36H64Cl2P2Pd-2. The van der Waals surface area contributed by atoms with Crippen LogP contribution in [0.3, 0.4) is 0 Å². The average molecular weight is 736 g/mol. The third kappa shape index (κ3) is 13.0. The summed E-state index contributed by atoms with van der Waals surface area (Å²) in [5.74, 6) is 2.05. The van der Waals surface area contributed by atoms with Crippen LogP contribution in [0.25, 0.3) is 0 Å². The minimum atomic E-state index is -0.106. The SMILES string of the molecule is [CH-](C1CCCC1)P(C1CCCCC1)C1CCCCC1.[CH-](C1CCCC1)P(C1CCCCC1)C1CCCCC1.[Cl][Pd][Cl]. The molecule has 6 fully saturated rings. The molecule has 0 amide bonds. The van der Waals surface area contributed by atoms with Crippen LogP contribution in [0.2, 0.25) is 0 Å². The molecule has 0 aliphatic heterocycles. The molecule has 0 aromatic heterocycles. The minimum absolute atomic E-state index is 0.106. The molecule has 244 valence electrons. The standard InChI is InChI=1S/2C18H32P.2ClH.Pd/c2*1-3-11-17(12-4-1)19(15-16-9-7-8-10-16)18-13-5-2-6-14-18;;;/h2*15-18H,1-14H2;2*1H;/q2*-1;;;+2/p-2. The van der Waals surface area contributed by atoms with E-state index in [4.69, 9.17) is 19.1 Å². The van der Waals surface area contributed by atoms with Crippen LogP contribution in [-0.2, 0) is 15.9 Å². The predicted molar refractivity (Wildman–Crippen MR) is 186 cm³/mol. The van der Waals surface area contributed by atoms with Crippen molar-refractivity contribution < 1.29 is 15.9 Å². The van der Waals surface area contributed by atoms with Crippen molar-refractivity contribution in [3.8, 4) is 0 Å². The van der Waals surface area contributed by atoms with Crippen LogP contribution in [-0.4, -0.2) is 22.6 Å². The van der Waals surface area contributed by atoms with E-state index in [1.54, 1.807) is 51.4 Å². The molecule has 0 unspecified atom stereocenters. The summed E-state index contributed by atoms with van der Waals surface area (Å²) in [4.78, 5) is 0. The first-order valence-electron chi connectivity index (χ1n) is 18.4. The second-order valence-corrected chi connectivity index (χ2v) is 22.2. The first kappa shape index (κ1) is 35.9. The van der Waals surface area contributed by atoms with Crippen molar-refractivity contribution in [2.75, 3.05) is 0 Å². The molecule has 0 aromatic carbocycles. The first-order valence-corrected chi connectivity index (χ1v) is 25.5. The first-order chi connectivity index (χ1) is 20.3. The van der Waals surface area contributed by atoms with E-state index in [2.05, 4.69) is 12.3 Å². The second kappa shape index (κ2) is 21.8. The van der Waals surface area contributed by atoms with Crippen molar-refractivity contribution in [1.29, 1.82) is 0 Å². The van der Waals surface area contributed by atoms with Crippen LogP contribution >= 0.6 is 34.9 Å². The molecule has 6 aliphatic rings. The molecule has 6 saturated carbocycles. The van der Waals surface area contributed by atoms with Crippen molar-refractivity contribution in [1.82, 2.24) is 0 Å². The van der Waals surface area contributed by atoms with Gasteiger partial charge in [0.25, 0.3) is 0 Å². The van der Waals surface area contributed by atoms with E-state index >= 15 is 0 Å². The zero-order valence-electron chi connectivity index (χ0n) is 26.4. The van der Waals surface area contributed by atoms with Crippen LogP contribution in [0.1, 0.15) is 180 Å². The third-order valence-electron chi connectivity index (χ3n) is 11.6. The molecule has 0 nitrogen and oxygen atoms in total. The molecule has 0 radical (unpaired) electrons. The molecule has 0 saturated heterocycles. The van der Waals surface area contributed by atoms with Crippen LogP contribution in [0.4, 0.5) is 0 Å². The molecule has 0 atom stereocenters. The Labute approximate surface area is 275 Å².